The van der Waals surface area contributed by atoms with Crippen LogP contribution in [0, 0.1) is 0 Å². The minimum Gasteiger partial charge on any atom is -0.467 e. The van der Waals surface area contributed by atoms with Crippen LogP contribution in [0.15, 0.2) is 24.3 Å². The summed E-state index contributed by atoms with van der Waals surface area (Å²) in [5, 5.41) is 5.32. The molecular weight excluding hydrogens is 260 g/mol. The van der Waals surface area contributed by atoms with Crippen molar-refractivity contribution < 1.29 is 19.1 Å². The number of benzene rings is 1. The molecule has 0 fully saturated rings. The van der Waals surface area contributed by atoms with E-state index in [9.17, 15) is 14.4 Å². The Morgan fingerprint density at radius 1 is 1.25 bits per heavy atom. The normalized spacial score (nSPS) is 11.3. The minimum atomic E-state index is -0.977. The molecule has 1 atom stereocenters. The number of para-hydroxylation sites is 1. The van der Waals surface area contributed by atoms with Crippen molar-refractivity contribution in [2.45, 2.75) is 19.4 Å². The molecule has 0 saturated carbocycles. The number of ether oxygens (including phenoxy) is 1. The molecule has 1 aromatic carbocycles. The molecule has 0 heterocycles. The molecule has 108 valence electrons. The highest BCUT2D eigenvalue weighted by Gasteiger charge is 2.24. The minimum absolute atomic E-state index is 0.148. The molecule has 1 rings (SSSR count). The Morgan fingerprint density at radius 2 is 1.90 bits per heavy atom. The summed E-state index contributed by atoms with van der Waals surface area (Å²) in [6.07, 6.45) is -0.148. The molecule has 0 radical (unpaired) electrons. The summed E-state index contributed by atoms with van der Waals surface area (Å²) in [4.78, 5) is 34.9. The van der Waals surface area contributed by atoms with E-state index in [-0.39, 0.29) is 12.2 Å². The summed E-state index contributed by atoms with van der Waals surface area (Å²) in [6, 6.07) is 5.98. The number of carbonyl (C=O) groups excluding carboxylic acids is 3. The monoisotopic (exact) mass is 278 g/mol. The summed E-state index contributed by atoms with van der Waals surface area (Å²) in [7, 11) is 2.92. The van der Waals surface area contributed by atoms with Gasteiger partial charge < -0.3 is 15.4 Å². The topological polar surface area (TPSA) is 84.5 Å². The number of carbonyl (C=O) groups is 3. The zero-order valence-electron chi connectivity index (χ0n) is 11.7. The van der Waals surface area contributed by atoms with Crippen LogP contribution in [0.1, 0.15) is 23.7 Å². The highest BCUT2D eigenvalue weighted by atomic mass is 16.5. The quantitative estimate of drug-likeness (QED) is 0.598. The van der Waals surface area contributed by atoms with Crippen LogP contribution >= 0.6 is 0 Å². The van der Waals surface area contributed by atoms with Gasteiger partial charge in [-0.1, -0.05) is 12.1 Å². The van der Waals surface area contributed by atoms with E-state index in [1.807, 2.05) is 0 Å². The van der Waals surface area contributed by atoms with Crippen LogP contribution < -0.4 is 10.6 Å². The summed E-state index contributed by atoms with van der Waals surface area (Å²) >= 11 is 0. The van der Waals surface area contributed by atoms with Gasteiger partial charge in [0.05, 0.1) is 7.11 Å². The Kier molecular flexibility index (Phi) is 5.71. The van der Waals surface area contributed by atoms with E-state index >= 15 is 0 Å². The van der Waals surface area contributed by atoms with Crippen molar-refractivity contribution in [3.05, 3.63) is 29.8 Å². The van der Waals surface area contributed by atoms with E-state index < -0.39 is 17.9 Å². The lowest BCUT2D eigenvalue weighted by atomic mass is 10.0. The van der Waals surface area contributed by atoms with Crippen molar-refractivity contribution in [1.82, 2.24) is 5.32 Å². The first-order valence-corrected chi connectivity index (χ1v) is 6.14. The fraction of sp³-hybridized carbons (Fsp3) is 0.357. The fourth-order valence-electron chi connectivity index (χ4n) is 1.82. The van der Waals surface area contributed by atoms with Gasteiger partial charge in [-0.2, -0.15) is 0 Å². The average Bonchev–Trinajstić information content (AvgIpc) is 2.45. The van der Waals surface area contributed by atoms with Gasteiger partial charge in [0.25, 0.3) is 0 Å². The van der Waals surface area contributed by atoms with Crippen molar-refractivity contribution >= 4 is 23.3 Å². The van der Waals surface area contributed by atoms with E-state index in [1.54, 1.807) is 31.3 Å². The van der Waals surface area contributed by atoms with Gasteiger partial charge in [0.2, 0.25) is 5.91 Å². The first-order valence-electron chi connectivity index (χ1n) is 6.14. The maximum absolute atomic E-state index is 12.2. The third-order valence-corrected chi connectivity index (χ3v) is 2.75. The van der Waals surface area contributed by atoms with Gasteiger partial charge in [-0.05, 0) is 12.1 Å². The maximum Gasteiger partial charge on any atom is 0.328 e. The number of hydrogen-bond acceptors (Lipinski definition) is 5. The van der Waals surface area contributed by atoms with E-state index in [0.29, 0.717) is 11.3 Å². The molecular formula is C14H18N2O4. The van der Waals surface area contributed by atoms with Crippen molar-refractivity contribution in [2.75, 3.05) is 19.5 Å². The molecule has 20 heavy (non-hydrogen) atoms. The lowest BCUT2D eigenvalue weighted by Crippen LogP contribution is -2.41. The molecule has 0 aliphatic rings. The van der Waals surface area contributed by atoms with Gasteiger partial charge in [-0.25, -0.2) is 4.79 Å². The van der Waals surface area contributed by atoms with Crippen LogP contribution in [0.2, 0.25) is 0 Å². The van der Waals surface area contributed by atoms with Gasteiger partial charge in [-0.15, -0.1) is 0 Å². The molecule has 0 aromatic heterocycles. The average molecular weight is 278 g/mol. The number of esters is 1. The summed E-state index contributed by atoms with van der Waals surface area (Å²) in [6.45, 7) is 1.28. The highest BCUT2D eigenvalue weighted by molar-refractivity contribution is 6.03. The Labute approximate surface area is 117 Å². The Balaban J connectivity index is 2.90. The van der Waals surface area contributed by atoms with Gasteiger partial charge in [0, 0.05) is 31.6 Å². The Bertz CT molecular complexity index is 514. The van der Waals surface area contributed by atoms with Gasteiger partial charge in [0.15, 0.2) is 5.78 Å². The van der Waals surface area contributed by atoms with Crippen molar-refractivity contribution in [3.63, 3.8) is 0 Å². The molecule has 1 amide bonds. The standard InChI is InChI=1S/C14H18N2O4/c1-9(17)16-12(14(19)20-3)8-13(18)10-6-4-5-7-11(10)15-2/h4-7,12,15H,8H2,1-3H3,(H,16,17). The van der Waals surface area contributed by atoms with Gasteiger partial charge in [-0.3, -0.25) is 9.59 Å². The molecule has 0 bridgehead atoms. The van der Waals surface area contributed by atoms with Crippen LogP contribution in [0.5, 0.6) is 0 Å². The van der Waals surface area contributed by atoms with Crippen LogP contribution in [0.25, 0.3) is 0 Å². The van der Waals surface area contributed by atoms with Crippen LogP contribution in [0.4, 0.5) is 5.69 Å². The zero-order valence-corrected chi connectivity index (χ0v) is 11.7. The van der Waals surface area contributed by atoms with Crippen molar-refractivity contribution in [3.8, 4) is 0 Å². The first-order chi connectivity index (χ1) is 9.49. The molecule has 0 saturated heterocycles. The molecule has 2 N–H and O–H groups in total. The van der Waals surface area contributed by atoms with Crippen LogP contribution in [-0.2, 0) is 14.3 Å². The lowest BCUT2D eigenvalue weighted by molar-refractivity contribution is -0.144. The van der Waals surface area contributed by atoms with Crippen LogP contribution in [-0.4, -0.2) is 37.9 Å². The number of ketones is 1. The second-order valence-corrected chi connectivity index (χ2v) is 4.20. The Hall–Kier alpha value is -2.37. The lowest BCUT2D eigenvalue weighted by Gasteiger charge is -2.15. The fourth-order valence-corrected chi connectivity index (χ4v) is 1.82. The second-order valence-electron chi connectivity index (χ2n) is 4.20. The number of amides is 1. The predicted molar refractivity (Wildman–Crippen MR) is 74.6 cm³/mol. The molecule has 1 unspecified atom stereocenters. The number of rotatable bonds is 6. The molecule has 0 spiro atoms. The summed E-state index contributed by atoms with van der Waals surface area (Å²) in [5.41, 5.74) is 1.14. The summed E-state index contributed by atoms with van der Waals surface area (Å²) < 4.78 is 4.59. The molecule has 6 heteroatoms. The summed E-state index contributed by atoms with van der Waals surface area (Å²) in [5.74, 6) is -1.29. The number of methoxy groups -OCH3 is 1. The smallest absolute Gasteiger partial charge is 0.328 e. The number of hydrogen-bond donors (Lipinski definition) is 2. The molecule has 1 aromatic rings. The third-order valence-electron chi connectivity index (χ3n) is 2.75. The maximum atomic E-state index is 12.2. The van der Waals surface area contributed by atoms with E-state index in [4.69, 9.17) is 0 Å². The van der Waals surface area contributed by atoms with Gasteiger partial charge >= 0.3 is 5.97 Å². The molecule has 0 aliphatic heterocycles. The predicted octanol–water partition coefficient (Wildman–Crippen LogP) is 0.979. The van der Waals surface area contributed by atoms with Crippen LogP contribution in [0.3, 0.4) is 0 Å². The Morgan fingerprint density at radius 3 is 2.45 bits per heavy atom. The van der Waals surface area contributed by atoms with Gasteiger partial charge in [0.1, 0.15) is 6.04 Å². The largest absolute Gasteiger partial charge is 0.467 e. The van der Waals surface area contributed by atoms with E-state index in [0.717, 1.165) is 0 Å². The molecule has 0 aliphatic carbocycles. The highest BCUT2D eigenvalue weighted by Crippen LogP contribution is 2.17. The molecule has 6 nitrogen and oxygen atoms in total. The van der Waals surface area contributed by atoms with Crippen molar-refractivity contribution in [1.29, 1.82) is 0 Å². The zero-order chi connectivity index (χ0) is 15.1. The van der Waals surface area contributed by atoms with E-state index in [2.05, 4.69) is 15.4 Å². The van der Waals surface area contributed by atoms with Crippen molar-refractivity contribution in [2.24, 2.45) is 0 Å². The van der Waals surface area contributed by atoms with E-state index in [1.165, 1.54) is 14.0 Å². The third kappa shape index (κ3) is 4.08. The first kappa shape index (κ1) is 15.7. The second kappa shape index (κ2) is 7.28. The number of Topliss-reactive ketones (excluding diaryl/α,β-unsaturated/α-hetero) is 1. The SMILES string of the molecule is CNc1ccccc1C(=O)CC(NC(C)=O)C(=O)OC. The number of anilines is 1. The number of nitrogens with one attached hydrogen (secondary N) is 2.